The van der Waals surface area contributed by atoms with E-state index in [9.17, 15) is 0 Å². The number of nitrogens with zero attached hydrogens (tertiary/aromatic N) is 4. The minimum absolute atomic E-state index is 0.536. The summed E-state index contributed by atoms with van der Waals surface area (Å²) in [6, 6.07) is 8.85. The molecule has 1 aromatic heterocycles. The molecular formula is C22H32N4O2. The molecule has 0 radical (unpaired) electrons. The zero-order valence-corrected chi connectivity index (χ0v) is 17.5. The molecule has 6 heteroatoms. The van der Waals surface area contributed by atoms with E-state index in [1.807, 2.05) is 6.07 Å². The fourth-order valence-electron chi connectivity index (χ4n) is 3.80. The predicted molar refractivity (Wildman–Crippen MR) is 113 cm³/mol. The molecule has 0 amide bonds. The molecule has 0 N–H and O–H groups in total. The minimum atomic E-state index is 0.536. The number of hydrogen-bond acceptors (Lipinski definition) is 6. The summed E-state index contributed by atoms with van der Waals surface area (Å²) >= 11 is 0. The van der Waals surface area contributed by atoms with Gasteiger partial charge in [0.15, 0.2) is 11.5 Å². The van der Waals surface area contributed by atoms with Crippen molar-refractivity contribution in [3.63, 3.8) is 0 Å². The number of hydrogen-bond donors (Lipinski definition) is 0. The highest BCUT2D eigenvalue weighted by Gasteiger charge is 2.24. The first-order valence-corrected chi connectivity index (χ1v) is 10.1. The van der Waals surface area contributed by atoms with Crippen molar-refractivity contribution in [1.82, 2.24) is 14.9 Å². The smallest absolute Gasteiger partial charge is 0.160 e. The van der Waals surface area contributed by atoms with Crippen molar-refractivity contribution in [3.8, 4) is 11.5 Å². The zero-order chi connectivity index (χ0) is 19.9. The third-order valence-corrected chi connectivity index (χ3v) is 5.62. The van der Waals surface area contributed by atoms with E-state index in [1.54, 1.807) is 20.5 Å². The number of rotatable bonds is 8. The van der Waals surface area contributed by atoms with Gasteiger partial charge in [-0.3, -0.25) is 0 Å². The number of likely N-dealkylation sites (N-methyl/N-ethyl adjacent to an activating group) is 1. The fourth-order valence-corrected chi connectivity index (χ4v) is 3.80. The summed E-state index contributed by atoms with van der Waals surface area (Å²) in [5, 5.41) is 0. The Labute approximate surface area is 168 Å². The van der Waals surface area contributed by atoms with Crippen LogP contribution in [0.1, 0.15) is 31.0 Å². The summed E-state index contributed by atoms with van der Waals surface area (Å²) < 4.78 is 10.8. The summed E-state index contributed by atoms with van der Waals surface area (Å²) in [5.74, 6) is 2.63. The van der Waals surface area contributed by atoms with Crippen molar-refractivity contribution >= 4 is 5.82 Å². The molecule has 1 aliphatic rings. The summed E-state index contributed by atoms with van der Waals surface area (Å²) in [5.41, 5.74) is 2.37. The molecule has 1 fully saturated rings. The van der Waals surface area contributed by atoms with Crippen LogP contribution < -0.4 is 14.4 Å². The van der Waals surface area contributed by atoms with Gasteiger partial charge in [-0.05, 0) is 50.4 Å². The van der Waals surface area contributed by atoms with Crippen molar-refractivity contribution in [1.29, 1.82) is 0 Å². The highest BCUT2D eigenvalue weighted by atomic mass is 16.5. The van der Waals surface area contributed by atoms with Gasteiger partial charge >= 0.3 is 0 Å². The van der Waals surface area contributed by atoms with E-state index in [4.69, 9.17) is 9.47 Å². The molecule has 1 atom stereocenters. The van der Waals surface area contributed by atoms with E-state index in [0.717, 1.165) is 55.5 Å². The second kappa shape index (κ2) is 9.73. The maximum atomic E-state index is 5.42. The van der Waals surface area contributed by atoms with E-state index < -0.39 is 0 Å². The highest BCUT2D eigenvalue weighted by molar-refractivity contribution is 5.43. The summed E-state index contributed by atoms with van der Waals surface area (Å²) in [4.78, 5) is 13.7. The number of aryl methyl sites for hydroxylation is 1. The van der Waals surface area contributed by atoms with Crippen LogP contribution in [0.5, 0.6) is 11.5 Å². The topological polar surface area (TPSA) is 50.7 Å². The molecule has 28 heavy (non-hydrogen) atoms. The van der Waals surface area contributed by atoms with E-state index in [-0.39, 0.29) is 0 Å². The van der Waals surface area contributed by atoms with Gasteiger partial charge in [0.1, 0.15) is 12.1 Å². The summed E-state index contributed by atoms with van der Waals surface area (Å²) in [6.45, 7) is 5.23. The van der Waals surface area contributed by atoms with Gasteiger partial charge in [0.25, 0.3) is 0 Å². The molecule has 0 aliphatic carbocycles. The van der Waals surface area contributed by atoms with Crippen LogP contribution in [0.2, 0.25) is 0 Å². The average Bonchev–Trinajstić information content (AvgIpc) is 2.77. The Morgan fingerprint density at radius 2 is 1.96 bits per heavy atom. The lowest BCUT2D eigenvalue weighted by molar-refractivity contribution is 0.217. The van der Waals surface area contributed by atoms with Crippen LogP contribution >= 0.6 is 0 Å². The van der Waals surface area contributed by atoms with Gasteiger partial charge in [-0.1, -0.05) is 13.0 Å². The molecular weight excluding hydrogens is 352 g/mol. The number of benzene rings is 1. The van der Waals surface area contributed by atoms with Crippen molar-refractivity contribution in [2.75, 3.05) is 45.8 Å². The molecule has 2 aromatic rings. The SMILES string of the molecule is CCc1cc(N2CCC[C@H](N(C)CCc3ccc(OC)c(OC)c3)C2)ncn1. The van der Waals surface area contributed by atoms with Crippen molar-refractivity contribution < 1.29 is 9.47 Å². The molecule has 6 nitrogen and oxygen atoms in total. The van der Waals surface area contributed by atoms with Crippen LogP contribution in [0.25, 0.3) is 0 Å². The van der Waals surface area contributed by atoms with Gasteiger partial charge in [-0.2, -0.15) is 0 Å². The van der Waals surface area contributed by atoms with Crippen LogP contribution in [0.3, 0.4) is 0 Å². The Bertz CT molecular complexity index is 768. The Morgan fingerprint density at radius 1 is 1.14 bits per heavy atom. The maximum Gasteiger partial charge on any atom is 0.160 e. The Morgan fingerprint density at radius 3 is 2.71 bits per heavy atom. The lowest BCUT2D eigenvalue weighted by atomic mass is 10.0. The number of anilines is 1. The lowest BCUT2D eigenvalue weighted by Gasteiger charge is -2.38. The quantitative estimate of drug-likeness (QED) is 0.697. The third kappa shape index (κ3) is 4.93. The van der Waals surface area contributed by atoms with Gasteiger partial charge in [-0.25, -0.2) is 9.97 Å². The molecule has 2 heterocycles. The monoisotopic (exact) mass is 384 g/mol. The first-order chi connectivity index (χ1) is 13.6. The van der Waals surface area contributed by atoms with Crippen molar-refractivity contribution in [3.05, 3.63) is 41.9 Å². The van der Waals surface area contributed by atoms with Crippen molar-refractivity contribution in [2.24, 2.45) is 0 Å². The van der Waals surface area contributed by atoms with E-state index in [2.05, 4.69) is 51.9 Å². The van der Waals surface area contributed by atoms with E-state index in [0.29, 0.717) is 6.04 Å². The number of ether oxygens (including phenoxy) is 2. The second-order valence-corrected chi connectivity index (χ2v) is 7.38. The van der Waals surface area contributed by atoms with Gasteiger partial charge in [0.05, 0.1) is 14.2 Å². The Hall–Kier alpha value is -2.34. The molecule has 1 saturated heterocycles. The van der Waals surface area contributed by atoms with Crippen LogP contribution in [0.15, 0.2) is 30.6 Å². The van der Waals surface area contributed by atoms with Crippen molar-refractivity contribution in [2.45, 2.75) is 38.6 Å². The molecule has 152 valence electrons. The first kappa shape index (κ1) is 20.4. The van der Waals surface area contributed by atoms with Gasteiger partial charge in [-0.15, -0.1) is 0 Å². The van der Waals surface area contributed by atoms with Gasteiger partial charge in [0.2, 0.25) is 0 Å². The van der Waals surface area contributed by atoms with Gasteiger partial charge in [0, 0.05) is 37.4 Å². The van der Waals surface area contributed by atoms with Gasteiger partial charge < -0.3 is 19.3 Å². The predicted octanol–water partition coefficient (Wildman–Crippen LogP) is 3.20. The van der Waals surface area contributed by atoms with Crippen LogP contribution in [0.4, 0.5) is 5.82 Å². The molecule has 0 bridgehead atoms. The largest absolute Gasteiger partial charge is 0.493 e. The molecule has 0 spiro atoms. The number of aromatic nitrogens is 2. The second-order valence-electron chi connectivity index (χ2n) is 7.38. The normalized spacial score (nSPS) is 17.0. The van der Waals surface area contributed by atoms with Crippen LogP contribution in [-0.2, 0) is 12.8 Å². The molecule has 0 saturated carbocycles. The number of piperidine rings is 1. The van der Waals surface area contributed by atoms with Crippen LogP contribution in [0, 0.1) is 0 Å². The lowest BCUT2D eigenvalue weighted by Crippen LogP contribution is -2.47. The standard InChI is InChI=1S/C22H32N4O2/c1-5-18-14-22(24-16-23-18)26-11-6-7-19(15-26)25(2)12-10-17-8-9-20(27-3)21(13-17)28-4/h8-9,13-14,16,19H,5-7,10-12,15H2,1-4H3/t19-/m0/s1. The third-order valence-electron chi connectivity index (χ3n) is 5.62. The average molecular weight is 385 g/mol. The molecule has 1 aromatic carbocycles. The highest BCUT2D eigenvalue weighted by Crippen LogP contribution is 2.28. The Kier molecular flexibility index (Phi) is 7.09. The molecule has 3 rings (SSSR count). The molecule has 0 unspecified atom stereocenters. The Balaban J connectivity index is 1.59. The fraction of sp³-hybridized carbons (Fsp3) is 0.545. The maximum absolute atomic E-state index is 5.42. The van der Waals surface area contributed by atoms with E-state index in [1.165, 1.54) is 18.4 Å². The number of methoxy groups -OCH3 is 2. The summed E-state index contributed by atoms with van der Waals surface area (Å²) in [7, 11) is 5.58. The first-order valence-electron chi connectivity index (χ1n) is 10.1. The van der Waals surface area contributed by atoms with E-state index >= 15 is 0 Å². The minimum Gasteiger partial charge on any atom is -0.493 e. The zero-order valence-electron chi connectivity index (χ0n) is 17.5. The van der Waals surface area contributed by atoms with Crippen LogP contribution in [-0.4, -0.2) is 61.8 Å². The summed E-state index contributed by atoms with van der Waals surface area (Å²) in [6.07, 6.45) is 6.04. The molecule has 1 aliphatic heterocycles.